The van der Waals surface area contributed by atoms with Crippen LogP contribution >= 0.6 is 23.2 Å². The minimum atomic E-state index is -3.69. The van der Waals surface area contributed by atoms with Crippen LogP contribution in [-0.2, 0) is 16.6 Å². The van der Waals surface area contributed by atoms with Crippen LogP contribution in [0.2, 0.25) is 10.0 Å². The SMILES string of the molecule is CS(=O)(=O)N(Cc1c(Cl)cccc1Cl)c1ccc(C(=O)Nc2ccccc2C(=O)N2CCCCCC2)cc1. The maximum absolute atomic E-state index is 13.2. The molecule has 3 aromatic rings. The summed E-state index contributed by atoms with van der Waals surface area (Å²) in [6.07, 6.45) is 5.26. The molecule has 0 bridgehead atoms. The van der Waals surface area contributed by atoms with E-state index in [1.807, 2.05) is 4.90 Å². The zero-order valence-electron chi connectivity index (χ0n) is 21.0. The van der Waals surface area contributed by atoms with E-state index in [4.69, 9.17) is 23.2 Å². The molecule has 1 aliphatic rings. The Morgan fingerprint density at radius 2 is 1.47 bits per heavy atom. The molecule has 38 heavy (non-hydrogen) atoms. The Morgan fingerprint density at radius 3 is 2.08 bits per heavy atom. The van der Waals surface area contributed by atoms with Crippen molar-refractivity contribution in [2.45, 2.75) is 32.2 Å². The van der Waals surface area contributed by atoms with Crippen LogP contribution < -0.4 is 9.62 Å². The van der Waals surface area contributed by atoms with Crippen LogP contribution in [0.4, 0.5) is 11.4 Å². The van der Waals surface area contributed by atoms with Crippen molar-refractivity contribution >= 4 is 56.4 Å². The van der Waals surface area contributed by atoms with Gasteiger partial charge in [-0.2, -0.15) is 0 Å². The lowest BCUT2D eigenvalue weighted by molar-refractivity contribution is 0.0762. The molecule has 1 N–H and O–H groups in total. The number of sulfonamides is 1. The Morgan fingerprint density at radius 1 is 0.868 bits per heavy atom. The number of amides is 2. The first-order valence-corrected chi connectivity index (χ1v) is 15.0. The summed E-state index contributed by atoms with van der Waals surface area (Å²) in [5.41, 5.74) is 2.03. The number of para-hydroxylation sites is 1. The molecule has 3 aromatic carbocycles. The number of benzene rings is 3. The highest BCUT2D eigenvalue weighted by molar-refractivity contribution is 7.92. The van der Waals surface area contributed by atoms with E-state index in [-0.39, 0.29) is 12.5 Å². The average molecular weight is 575 g/mol. The molecule has 1 heterocycles. The number of nitrogens with zero attached hydrogens (tertiary/aromatic N) is 2. The van der Waals surface area contributed by atoms with Crippen LogP contribution in [0.15, 0.2) is 66.7 Å². The van der Waals surface area contributed by atoms with Crippen molar-refractivity contribution in [2.24, 2.45) is 0 Å². The first kappa shape index (κ1) is 28.0. The van der Waals surface area contributed by atoms with E-state index in [1.54, 1.807) is 54.6 Å². The van der Waals surface area contributed by atoms with Gasteiger partial charge in [-0.3, -0.25) is 13.9 Å². The molecule has 1 aliphatic heterocycles. The van der Waals surface area contributed by atoms with E-state index < -0.39 is 15.9 Å². The maximum atomic E-state index is 13.2. The molecule has 0 unspecified atom stereocenters. The van der Waals surface area contributed by atoms with Gasteiger partial charge in [0.2, 0.25) is 10.0 Å². The molecule has 0 saturated carbocycles. The third-order valence-corrected chi connectivity index (χ3v) is 8.33. The van der Waals surface area contributed by atoms with Gasteiger partial charge in [0.05, 0.1) is 29.7 Å². The second-order valence-electron chi connectivity index (χ2n) is 9.22. The Balaban J connectivity index is 1.53. The molecule has 10 heteroatoms. The summed E-state index contributed by atoms with van der Waals surface area (Å²) in [6.45, 7) is 1.35. The molecule has 4 rings (SSSR count). The fourth-order valence-electron chi connectivity index (χ4n) is 4.42. The van der Waals surface area contributed by atoms with Crippen LogP contribution in [0, 0.1) is 0 Å². The molecule has 1 saturated heterocycles. The van der Waals surface area contributed by atoms with Gasteiger partial charge in [-0.25, -0.2) is 8.42 Å². The van der Waals surface area contributed by atoms with Crippen LogP contribution in [0.5, 0.6) is 0 Å². The summed E-state index contributed by atoms with van der Waals surface area (Å²) >= 11 is 12.5. The maximum Gasteiger partial charge on any atom is 0.255 e. The summed E-state index contributed by atoms with van der Waals surface area (Å²) in [7, 11) is -3.69. The summed E-state index contributed by atoms with van der Waals surface area (Å²) in [5, 5.41) is 3.56. The van der Waals surface area contributed by atoms with Gasteiger partial charge in [-0.1, -0.05) is 54.2 Å². The van der Waals surface area contributed by atoms with Crippen molar-refractivity contribution < 1.29 is 18.0 Å². The van der Waals surface area contributed by atoms with Gasteiger partial charge >= 0.3 is 0 Å². The van der Waals surface area contributed by atoms with Crippen molar-refractivity contribution in [2.75, 3.05) is 29.0 Å². The summed E-state index contributed by atoms with van der Waals surface area (Å²) in [6, 6.07) is 18.1. The highest BCUT2D eigenvalue weighted by atomic mass is 35.5. The second kappa shape index (κ2) is 12.2. The fourth-order valence-corrected chi connectivity index (χ4v) is 5.81. The predicted octanol–water partition coefficient (Wildman–Crippen LogP) is 6.23. The highest BCUT2D eigenvalue weighted by Crippen LogP contribution is 2.29. The van der Waals surface area contributed by atoms with Gasteiger partial charge in [0.15, 0.2) is 0 Å². The van der Waals surface area contributed by atoms with Gasteiger partial charge in [-0.15, -0.1) is 0 Å². The van der Waals surface area contributed by atoms with Gasteiger partial charge in [-0.05, 0) is 61.4 Å². The monoisotopic (exact) mass is 573 g/mol. The third kappa shape index (κ3) is 6.67. The van der Waals surface area contributed by atoms with E-state index in [2.05, 4.69) is 5.32 Å². The summed E-state index contributed by atoms with van der Waals surface area (Å²) in [4.78, 5) is 28.1. The lowest BCUT2D eigenvalue weighted by Gasteiger charge is -2.24. The number of carbonyl (C=O) groups excluding carboxylic acids is 2. The standard InChI is InChI=1S/C28H29Cl2N3O4S/c1-38(36,37)33(19-23-24(29)10-8-11-25(23)30)21-15-13-20(14-16-21)27(34)31-26-12-5-4-9-22(26)28(35)32-17-6-2-3-7-18-32/h4-5,8-16H,2-3,6-7,17-19H2,1H3,(H,31,34). The number of rotatable bonds is 7. The molecule has 200 valence electrons. The van der Waals surface area contributed by atoms with Crippen LogP contribution in [0.1, 0.15) is 52.0 Å². The summed E-state index contributed by atoms with van der Waals surface area (Å²) in [5.74, 6) is -0.507. The summed E-state index contributed by atoms with van der Waals surface area (Å²) < 4.78 is 26.4. The van der Waals surface area contributed by atoms with Gasteiger partial charge in [0.1, 0.15) is 0 Å². The van der Waals surface area contributed by atoms with E-state index >= 15 is 0 Å². The first-order chi connectivity index (χ1) is 18.1. The minimum absolute atomic E-state index is 0.0606. The molecule has 2 amide bonds. The normalized spacial score (nSPS) is 14.0. The van der Waals surface area contributed by atoms with Gasteiger partial charge < -0.3 is 10.2 Å². The number of nitrogens with one attached hydrogen (secondary N) is 1. The average Bonchev–Trinajstić information content (AvgIpc) is 3.18. The van der Waals surface area contributed by atoms with E-state index in [0.717, 1.165) is 31.9 Å². The zero-order chi connectivity index (χ0) is 27.3. The Labute approximate surface area is 233 Å². The number of carbonyl (C=O) groups is 2. The van der Waals surface area contributed by atoms with E-state index in [0.29, 0.717) is 51.2 Å². The lowest BCUT2D eigenvalue weighted by Crippen LogP contribution is -2.32. The van der Waals surface area contributed by atoms with E-state index in [1.165, 1.54) is 16.4 Å². The molecule has 1 fully saturated rings. The van der Waals surface area contributed by atoms with Gasteiger partial charge in [0, 0.05) is 34.3 Å². The van der Waals surface area contributed by atoms with Crippen molar-refractivity contribution in [3.63, 3.8) is 0 Å². The third-order valence-electron chi connectivity index (χ3n) is 6.48. The number of hydrogen-bond donors (Lipinski definition) is 1. The Hall–Kier alpha value is -3.07. The molecular formula is C28H29Cl2N3O4S. The van der Waals surface area contributed by atoms with E-state index in [9.17, 15) is 18.0 Å². The number of halogens is 2. The molecule has 0 spiro atoms. The van der Waals surface area contributed by atoms with Crippen molar-refractivity contribution in [3.05, 3.63) is 93.5 Å². The Bertz CT molecular complexity index is 1400. The zero-order valence-corrected chi connectivity index (χ0v) is 23.3. The molecule has 0 aliphatic carbocycles. The smallest absolute Gasteiger partial charge is 0.255 e. The molecule has 0 radical (unpaired) electrons. The van der Waals surface area contributed by atoms with Gasteiger partial charge in [0.25, 0.3) is 11.8 Å². The minimum Gasteiger partial charge on any atom is -0.339 e. The predicted molar refractivity (Wildman–Crippen MR) is 153 cm³/mol. The van der Waals surface area contributed by atoms with Crippen LogP contribution in [0.3, 0.4) is 0 Å². The molecule has 7 nitrogen and oxygen atoms in total. The van der Waals surface area contributed by atoms with Crippen molar-refractivity contribution in [1.29, 1.82) is 0 Å². The molecule has 0 atom stereocenters. The number of anilines is 2. The first-order valence-electron chi connectivity index (χ1n) is 12.4. The Kier molecular flexibility index (Phi) is 8.97. The molecular weight excluding hydrogens is 545 g/mol. The molecule has 0 aromatic heterocycles. The topological polar surface area (TPSA) is 86.8 Å². The quantitative estimate of drug-likeness (QED) is 0.363. The number of likely N-dealkylation sites (tertiary alicyclic amines) is 1. The number of hydrogen-bond acceptors (Lipinski definition) is 4. The van der Waals surface area contributed by atoms with Crippen molar-refractivity contribution in [1.82, 2.24) is 4.90 Å². The lowest BCUT2D eigenvalue weighted by atomic mass is 10.1. The second-order valence-corrected chi connectivity index (χ2v) is 11.9. The van der Waals surface area contributed by atoms with Crippen LogP contribution in [0.25, 0.3) is 0 Å². The van der Waals surface area contributed by atoms with Crippen molar-refractivity contribution in [3.8, 4) is 0 Å². The largest absolute Gasteiger partial charge is 0.339 e. The highest BCUT2D eigenvalue weighted by Gasteiger charge is 2.23. The van der Waals surface area contributed by atoms with Crippen LogP contribution in [-0.4, -0.2) is 44.5 Å². The fraction of sp³-hybridized carbons (Fsp3) is 0.286.